The fourth-order valence-corrected chi connectivity index (χ4v) is 2.06. The molecule has 0 aromatic carbocycles. The summed E-state index contributed by atoms with van der Waals surface area (Å²) in [7, 11) is 0. The normalized spacial score (nSPS) is 13.3. The summed E-state index contributed by atoms with van der Waals surface area (Å²) in [4.78, 5) is 4.25. The van der Waals surface area contributed by atoms with Crippen LogP contribution in [-0.2, 0) is 6.42 Å². The van der Waals surface area contributed by atoms with Crippen LogP contribution in [0.25, 0.3) is 5.52 Å². The van der Waals surface area contributed by atoms with E-state index in [0.717, 1.165) is 11.3 Å². The van der Waals surface area contributed by atoms with E-state index in [0.29, 0.717) is 16.7 Å². The van der Waals surface area contributed by atoms with Crippen LogP contribution in [0.1, 0.15) is 12.7 Å². The number of nitrogens with zero attached hydrogens (tertiary/aromatic N) is 2. The molecule has 0 saturated heterocycles. The minimum absolute atomic E-state index is 0.0305. The lowest BCUT2D eigenvalue weighted by molar-refractivity contribution is 0.700. The van der Waals surface area contributed by atoms with Crippen LogP contribution in [-0.4, -0.2) is 15.4 Å². The van der Waals surface area contributed by atoms with Crippen LogP contribution in [0.15, 0.2) is 18.2 Å². The van der Waals surface area contributed by atoms with Gasteiger partial charge in [-0.1, -0.05) is 29.3 Å². The number of imidazole rings is 1. The number of pyridine rings is 1. The van der Waals surface area contributed by atoms with Crippen molar-refractivity contribution >= 4 is 28.7 Å². The molecule has 2 aromatic rings. The van der Waals surface area contributed by atoms with E-state index in [-0.39, 0.29) is 6.04 Å². The molecule has 0 aliphatic rings. The molecular formula is C10H11Cl2N3. The van der Waals surface area contributed by atoms with E-state index in [4.69, 9.17) is 28.9 Å². The molecule has 0 fully saturated rings. The molecule has 0 spiro atoms. The Morgan fingerprint density at radius 3 is 2.87 bits per heavy atom. The number of rotatable bonds is 2. The summed E-state index contributed by atoms with van der Waals surface area (Å²) in [6, 6.07) is 5.56. The third-order valence-electron chi connectivity index (χ3n) is 2.14. The van der Waals surface area contributed by atoms with Crippen LogP contribution < -0.4 is 5.73 Å². The SMILES string of the molecule is CC(N)Cc1nc(Cl)c2cccc(Cl)n12. The van der Waals surface area contributed by atoms with E-state index in [1.165, 1.54) is 0 Å². The molecule has 0 radical (unpaired) electrons. The molecule has 0 bridgehead atoms. The number of aromatic nitrogens is 2. The van der Waals surface area contributed by atoms with Crippen molar-refractivity contribution in [1.82, 2.24) is 9.38 Å². The van der Waals surface area contributed by atoms with Crippen molar-refractivity contribution < 1.29 is 0 Å². The van der Waals surface area contributed by atoms with E-state index in [1.807, 2.05) is 23.5 Å². The lowest BCUT2D eigenvalue weighted by atomic mass is 10.2. The number of hydrogen-bond acceptors (Lipinski definition) is 2. The van der Waals surface area contributed by atoms with Gasteiger partial charge in [0.25, 0.3) is 0 Å². The molecule has 15 heavy (non-hydrogen) atoms. The summed E-state index contributed by atoms with van der Waals surface area (Å²) in [6.45, 7) is 1.92. The van der Waals surface area contributed by atoms with Crippen molar-refractivity contribution in [2.45, 2.75) is 19.4 Å². The van der Waals surface area contributed by atoms with Gasteiger partial charge in [0.2, 0.25) is 0 Å². The predicted molar refractivity (Wildman–Crippen MR) is 62.6 cm³/mol. The van der Waals surface area contributed by atoms with Gasteiger partial charge in [0.15, 0.2) is 5.15 Å². The molecule has 2 heterocycles. The molecule has 0 aliphatic heterocycles. The van der Waals surface area contributed by atoms with Crippen molar-refractivity contribution in [3.05, 3.63) is 34.3 Å². The average molecular weight is 244 g/mol. The van der Waals surface area contributed by atoms with Crippen LogP contribution >= 0.6 is 23.2 Å². The highest BCUT2D eigenvalue weighted by Gasteiger charge is 2.12. The van der Waals surface area contributed by atoms with Gasteiger partial charge in [0, 0.05) is 12.5 Å². The monoisotopic (exact) mass is 243 g/mol. The zero-order chi connectivity index (χ0) is 11.0. The van der Waals surface area contributed by atoms with Gasteiger partial charge >= 0.3 is 0 Å². The Bertz CT molecular complexity index is 491. The second kappa shape index (κ2) is 4.00. The van der Waals surface area contributed by atoms with E-state index in [2.05, 4.69) is 4.98 Å². The molecule has 3 nitrogen and oxygen atoms in total. The van der Waals surface area contributed by atoms with Crippen LogP contribution in [0.3, 0.4) is 0 Å². The standard InChI is InChI=1S/C10H11Cl2N3/c1-6(13)5-9-14-10(12)7-3-2-4-8(11)15(7)9/h2-4,6H,5,13H2,1H3. The first-order valence-corrected chi connectivity index (χ1v) is 5.42. The fourth-order valence-electron chi connectivity index (χ4n) is 1.55. The molecule has 1 unspecified atom stereocenters. The van der Waals surface area contributed by atoms with E-state index < -0.39 is 0 Å². The second-order valence-electron chi connectivity index (χ2n) is 3.57. The first kappa shape index (κ1) is 10.7. The van der Waals surface area contributed by atoms with E-state index in [9.17, 15) is 0 Å². The quantitative estimate of drug-likeness (QED) is 0.825. The molecule has 2 aromatic heterocycles. The van der Waals surface area contributed by atoms with Crippen molar-refractivity contribution in [2.75, 3.05) is 0 Å². The number of halogens is 2. The smallest absolute Gasteiger partial charge is 0.155 e. The summed E-state index contributed by atoms with van der Waals surface area (Å²) in [5.41, 5.74) is 6.55. The highest BCUT2D eigenvalue weighted by atomic mass is 35.5. The number of nitrogens with two attached hydrogens (primary N) is 1. The maximum absolute atomic E-state index is 6.08. The van der Waals surface area contributed by atoms with Gasteiger partial charge in [-0.05, 0) is 19.1 Å². The van der Waals surface area contributed by atoms with Crippen molar-refractivity contribution in [1.29, 1.82) is 0 Å². The topological polar surface area (TPSA) is 43.3 Å². The third kappa shape index (κ3) is 1.95. The van der Waals surface area contributed by atoms with Gasteiger partial charge in [-0.2, -0.15) is 0 Å². The van der Waals surface area contributed by atoms with E-state index >= 15 is 0 Å². The fraction of sp³-hybridized carbons (Fsp3) is 0.300. The lowest BCUT2D eigenvalue weighted by Gasteiger charge is -2.05. The van der Waals surface area contributed by atoms with Crippen LogP contribution in [0.4, 0.5) is 0 Å². The van der Waals surface area contributed by atoms with Crippen LogP contribution in [0.2, 0.25) is 10.3 Å². The summed E-state index contributed by atoms with van der Waals surface area (Å²) < 4.78 is 1.83. The Kier molecular flexibility index (Phi) is 2.87. The number of hydrogen-bond donors (Lipinski definition) is 1. The summed E-state index contributed by atoms with van der Waals surface area (Å²) in [6.07, 6.45) is 0.650. The molecule has 0 aliphatic carbocycles. The zero-order valence-electron chi connectivity index (χ0n) is 8.24. The summed E-state index contributed by atoms with van der Waals surface area (Å²) in [5, 5.41) is 1.07. The summed E-state index contributed by atoms with van der Waals surface area (Å²) in [5.74, 6) is 0.801. The largest absolute Gasteiger partial charge is 0.328 e. The van der Waals surface area contributed by atoms with Crippen LogP contribution in [0.5, 0.6) is 0 Å². The molecule has 1 atom stereocenters. The molecule has 2 rings (SSSR count). The third-order valence-corrected chi connectivity index (χ3v) is 2.72. The minimum Gasteiger partial charge on any atom is -0.328 e. The molecule has 2 N–H and O–H groups in total. The average Bonchev–Trinajstić information content (AvgIpc) is 2.44. The van der Waals surface area contributed by atoms with Gasteiger partial charge in [0.1, 0.15) is 11.0 Å². The Balaban J connectivity index is 2.65. The Morgan fingerprint density at radius 1 is 1.47 bits per heavy atom. The Morgan fingerprint density at radius 2 is 2.20 bits per heavy atom. The number of fused-ring (bicyclic) bond motifs is 1. The first-order valence-electron chi connectivity index (χ1n) is 4.66. The maximum atomic E-state index is 6.08. The molecule has 0 amide bonds. The van der Waals surface area contributed by atoms with Gasteiger partial charge in [0.05, 0.1) is 5.52 Å². The van der Waals surface area contributed by atoms with Crippen molar-refractivity contribution in [3.63, 3.8) is 0 Å². The van der Waals surface area contributed by atoms with Crippen molar-refractivity contribution in [2.24, 2.45) is 5.73 Å². The second-order valence-corrected chi connectivity index (χ2v) is 4.31. The van der Waals surface area contributed by atoms with Gasteiger partial charge in [-0.25, -0.2) is 4.98 Å². The van der Waals surface area contributed by atoms with E-state index in [1.54, 1.807) is 6.07 Å². The van der Waals surface area contributed by atoms with Gasteiger partial charge < -0.3 is 5.73 Å². The molecule has 0 saturated carbocycles. The minimum atomic E-state index is 0.0305. The Hall–Kier alpha value is -0.770. The predicted octanol–water partition coefficient (Wildman–Crippen LogP) is 2.53. The summed E-state index contributed by atoms with van der Waals surface area (Å²) >= 11 is 12.1. The van der Waals surface area contributed by atoms with Crippen molar-refractivity contribution in [3.8, 4) is 0 Å². The highest BCUT2D eigenvalue weighted by Crippen LogP contribution is 2.23. The zero-order valence-corrected chi connectivity index (χ0v) is 9.76. The maximum Gasteiger partial charge on any atom is 0.155 e. The first-order chi connectivity index (χ1) is 7.09. The molecule has 5 heteroatoms. The Labute approximate surface area is 97.8 Å². The van der Waals surface area contributed by atoms with Gasteiger partial charge in [-0.15, -0.1) is 0 Å². The lowest BCUT2D eigenvalue weighted by Crippen LogP contribution is -2.19. The molecular weight excluding hydrogens is 233 g/mol. The van der Waals surface area contributed by atoms with Gasteiger partial charge in [-0.3, -0.25) is 4.40 Å². The van der Waals surface area contributed by atoms with Crippen LogP contribution in [0, 0.1) is 0 Å². The molecule has 80 valence electrons. The highest BCUT2D eigenvalue weighted by molar-refractivity contribution is 6.33.